The first-order valence-electron chi connectivity index (χ1n) is 8.60. The van der Waals surface area contributed by atoms with Crippen molar-refractivity contribution in [3.05, 3.63) is 99.5 Å². The van der Waals surface area contributed by atoms with Crippen molar-refractivity contribution in [2.45, 2.75) is 19.7 Å². The fourth-order valence-electron chi connectivity index (χ4n) is 2.67. The molecule has 3 rings (SSSR count). The molecule has 28 heavy (non-hydrogen) atoms. The van der Waals surface area contributed by atoms with E-state index in [1.165, 1.54) is 0 Å². The lowest BCUT2D eigenvalue weighted by atomic mass is 10.1. The van der Waals surface area contributed by atoms with Gasteiger partial charge in [-0.25, -0.2) is 4.79 Å². The molecule has 0 saturated carbocycles. The van der Waals surface area contributed by atoms with Crippen LogP contribution in [-0.4, -0.2) is 11.1 Å². The van der Waals surface area contributed by atoms with Crippen molar-refractivity contribution in [1.29, 1.82) is 0 Å². The molecule has 4 nitrogen and oxygen atoms in total. The SMILES string of the molecule is Cl.O=C(O)c1ccc(CNCc2cc(Br)ccc2OCc2ccccc2)cc1. The standard InChI is InChI=1S/C22H20BrNO3.ClH/c23-20-10-11-21(27-15-17-4-2-1-3-5-17)19(12-20)14-24-13-16-6-8-18(9-7-16)22(25)26;/h1-12,24H,13-15H2,(H,25,26);1H. The molecular weight excluding hydrogens is 442 g/mol. The molecule has 2 N–H and O–H groups in total. The lowest BCUT2D eigenvalue weighted by Gasteiger charge is -2.13. The third-order valence-electron chi connectivity index (χ3n) is 4.11. The predicted octanol–water partition coefficient (Wildman–Crippen LogP) is 5.44. The van der Waals surface area contributed by atoms with Gasteiger partial charge in [-0.1, -0.05) is 58.4 Å². The molecule has 0 bridgehead atoms. The molecule has 0 aliphatic carbocycles. The number of rotatable bonds is 8. The van der Waals surface area contributed by atoms with Crippen molar-refractivity contribution in [1.82, 2.24) is 5.32 Å². The van der Waals surface area contributed by atoms with Crippen LogP contribution < -0.4 is 10.1 Å². The smallest absolute Gasteiger partial charge is 0.335 e. The Morgan fingerprint density at radius 2 is 1.64 bits per heavy atom. The van der Waals surface area contributed by atoms with E-state index in [-0.39, 0.29) is 12.4 Å². The summed E-state index contributed by atoms with van der Waals surface area (Å²) in [6, 6.07) is 22.9. The Morgan fingerprint density at radius 3 is 2.32 bits per heavy atom. The first kappa shape index (κ1) is 22.0. The van der Waals surface area contributed by atoms with Crippen LogP contribution in [0.25, 0.3) is 0 Å². The second-order valence-electron chi connectivity index (χ2n) is 6.13. The van der Waals surface area contributed by atoms with Crippen molar-refractivity contribution in [3.63, 3.8) is 0 Å². The zero-order valence-corrected chi connectivity index (χ0v) is 17.5. The average molecular weight is 463 g/mol. The van der Waals surface area contributed by atoms with Crippen LogP contribution in [0.4, 0.5) is 0 Å². The summed E-state index contributed by atoms with van der Waals surface area (Å²) in [6.07, 6.45) is 0. The molecule has 3 aromatic carbocycles. The van der Waals surface area contributed by atoms with Gasteiger partial charge in [-0.15, -0.1) is 12.4 Å². The largest absolute Gasteiger partial charge is 0.489 e. The van der Waals surface area contributed by atoms with Crippen molar-refractivity contribution in [2.75, 3.05) is 0 Å². The highest BCUT2D eigenvalue weighted by atomic mass is 79.9. The maximum atomic E-state index is 10.9. The van der Waals surface area contributed by atoms with E-state index in [9.17, 15) is 4.79 Å². The molecule has 0 aliphatic heterocycles. The third-order valence-corrected chi connectivity index (χ3v) is 4.60. The van der Waals surface area contributed by atoms with Crippen LogP contribution in [0.2, 0.25) is 0 Å². The second kappa shape index (κ2) is 10.9. The van der Waals surface area contributed by atoms with Crippen molar-refractivity contribution >= 4 is 34.3 Å². The fourth-order valence-corrected chi connectivity index (χ4v) is 3.08. The highest BCUT2D eigenvalue weighted by Crippen LogP contribution is 2.24. The van der Waals surface area contributed by atoms with E-state index < -0.39 is 5.97 Å². The number of ether oxygens (including phenoxy) is 1. The summed E-state index contributed by atoms with van der Waals surface area (Å²) in [5.41, 5.74) is 3.50. The maximum Gasteiger partial charge on any atom is 0.335 e. The van der Waals surface area contributed by atoms with Gasteiger partial charge in [0.05, 0.1) is 5.56 Å². The first-order valence-corrected chi connectivity index (χ1v) is 9.39. The minimum absolute atomic E-state index is 0. The van der Waals surface area contributed by atoms with Crippen LogP contribution in [0.15, 0.2) is 77.3 Å². The van der Waals surface area contributed by atoms with Crippen LogP contribution in [0.3, 0.4) is 0 Å². The van der Waals surface area contributed by atoms with Gasteiger partial charge >= 0.3 is 5.97 Å². The van der Waals surface area contributed by atoms with Gasteiger partial charge in [-0.05, 0) is 41.5 Å². The van der Waals surface area contributed by atoms with E-state index in [0.29, 0.717) is 25.3 Å². The van der Waals surface area contributed by atoms with Crippen LogP contribution >= 0.6 is 28.3 Å². The van der Waals surface area contributed by atoms with Crippen LogP contribution in [-0.2, 0) is 19.7 Å². The van der Waals surface area contributed by atoms with Crippen LogP contribution in [0.1, 0.15) is 27.0 Å². The Labute approximate surface area is 179 Å². The summed E-state index contributed by atoms with van der Waals surface area (Å²) < 4.78 is 6.99. The summed E-state index contributed by atoms with van der Waals surface area (Å²) in [5.74, 6) is -0.0698. The molecule has 0 aliphatic rings. The normalized spacial score (nSPS) is 10.2. The Kier molecular flexibility index (Phi) is 8.51. The van der Waals surface area contributed by atoms with Gasteiger partial charge in [0, 0.05) is 23.1 Å². The Morgan fingerprint density at radius 1 is 0.929 bits per heavy atom. The molecule has 3 aromatic rings. The molecule has 0 heterocycles. The molecule has 0 spiro atoms. The van der Waals surface area contributed by atoms with Crippen molar-refractivity contribution < 1.29 is 14.6 Å². The molecule has 0 amide bonds. The zero-order valence-electron chi connectivity index (χ0n) is 15.1. The Hall–Kier alpha value is -2.34. The number of carbonyl (C=O) groups is 1. The average Bonchev–Trinajstić information content (AvgIpc) is 2.68. The lowest BCUT2D eigenvalue weighted by Crippen LogP contribution is -2.14. The fraction of sp³-hybridized carbons (Fsp3) is 0.136. The van der Waals surface area contributed by atoms with E-state index in [1.807, 2.05) is 60.7 Å². The van der Waals surface area contributed by atoms with E-state index in [4.69, 9.17) is 9.84 Å². The summed E-state index contributed by atoms with van der Waals surface area (Å²) in [6.45, 7) is 1.81. The second-order valence-corrected chi connectivity index (χ2v) is 7.05. The van der Waals surface area contributed by atoms with Gasteiger partial charge in [0.15, 0.2) is 0 Å². The monoisotopic (exact) mass is 461 g/mol. The number of carboxylic acids is 1. The number of carboxylic acid groups (broad SMARTS) is 1. The van der Waals surface area contributed by atoms with Gasteiger partial charge in [0.2, 0.25) is 0 Å². The van der Waals surface area contributed by atoms with Gasteiger partial charge in [0.25, 0.3) is 0 Å². The number of hydrogen-bond acceptors (Lipinski definition) is 3. The summed E-state index contributed by atoms with van der Waals surface area (Å²) in [7, 11) is 0. The van der Waals surface area contributed by atoms with Crippen LogP contribution in [0.5, 0.6) is 5.75 Å². The quantitative estimate of drug-likeness (QED) is 0.468. The predicted molar refractivity (Wildman–Crippen MR) is 116 cm³/mol. The molecule has 0 aromatic heterocycles. The molecule has 0 fully saturated rings. The van der Waals surface area contributed by atoms with E-state index in [0.717, 1.165) is 26.9 Å². The van der Waals surface area contributed by atoms with Crippen molar-refractivity contribution in [2.24, 2.45) is 0 Å². The van der Waals surface area contributed by atoms with Gasteiger partial charge in [0.1, 0.15) is 12.4 Å². The first-order chi connectivity index (χ1) is 13.1. The van der Waals surface area contributed by atoms with Gasteiger partial charge in [-0.2, -0.15) is 0 Å². The van der Waals surface area contributed by atoms with E-state index in [1.54, 1.807) is 12.1 Å². The molecule has 6 heteroatoms. The van der Waals surface area contributed by atoms with E-state index >= 15 is 0 Å². The highest BCUT2D eigenvalue weighted by Gasteiger charge is 2.06. The maximum absolute atomic E-state index is 10.9. The van der Waals surface area contributed by atoms with Gasteiger partial charge < -0.3 is 15.2 Å². The molecule has 0 saturated heterocycles. The zero-order chi connectivity index (χ0) is 19.1. The van der Waals surface area contributed by atoms with E-state index in [2.05, 4.69) is 21.2 Å². The molecule has 0 atom stereocenters. The number of benzene rings is 3. The Bertz CT molecular complexity index is 901. The summed E-state index contributed by atoms with van der Waals surface area (Å²) in [4.78, 5) is 10.9. The minimum atomic E-state index is -0.913. The topological polar surface area (TPSA) is 58.6 Å². The molecule has 0 radical (unpaired) electrons. The Balaban J connectivity index is 0.00000280. The number of halogens is 2. The molecule has 0 unspecified atom stereocenters. The van der Waals surface area contributed by atoms with Crippen molar-refractivity contribution in [3.8, 4) is 5.75 Å². The van der Waals surface area contributed by atoms with Gasteiger partial charge in [-0.3, -0.25) is 0 Å². The number of hydrogen-bond donors (Lipinski definition) is 2. The lowest BCUT2D eigenvalue weighted by molar-refractivity contribution is 0.0697. The van der Waals surface area contributed by atoms with Crippen LogP contribution in [0, 0.1) is 0 Å². The summed E-state index contributed by atoms with van der Waals surface area (Å²) >= 11 is 3.51. The number of aromatic carboxylic acids is 1. The minimum Gasteiger partial charge on any atom is -0.489 e. The summed E-state index contributed by atoms with van der Waals surface area (Å²) in [5, 5.41) is 12.3. The molecular formula is C22H21BrClNO3. The molecule has 146 valence electrons. The third kappa shape index (κ3) is 6.37. The highest BCUT2D eigenvalue weighted by molar-refractivity contribution is 9.10. The number of nitrogens with one attached hydrogen (secondary N) is 1.